The van der Waals surface area contributed by atoms with Crippen molar-refractivity contribution in [3.8, 4) is 0 Å². The third kappa shape index (κ3) is 17.4. The third-order valence-corrected chi connectivity index (χ3v) is 3.86. The normalized spacial score (nSPS) is 13.1. The molecule has 0 aromatic carbocycles. The molecule has 2 heteroatoms. The highest BCUT2D eigenvalue weighted by Crippen LogP contribution is 2.08. The molecule has 1 rings (SSSR count). The lowest BCUT2D eigenvalue weighted by Crippen LogP contribution is -2.19. The molecule has 1 heterocycles. The predicted molar refractivity (Wildman–Crippen MR) is 103 cm³/mol. The minimum absolute atomic E-state index is 1.03. The van der Waals surface area contributed by atoms with Crippen LogP contribution in [0.25, 0.3) is 0 Å². The average molecular weight is 313 g/mol. The molecule has 0 atom stereocenters. The fourth-order valence-electron chi connectivity index (χ4n) is 2.26. The highest BCUT2D eigenvalue weighted by atomic mass is 15.3. The molecule has 0 unspecified atom stereocenters. The van der Waals surface area contributed by atoms with Crippen LogP contribution in [0.15, 0.2) is 11.9 Å². The van der Waals surface area contributed by atoms with Crippen LogP contribution in [-0.2, 0) is 0 Å². The van der Waals surface area contributed by atoms with Crippen molar-refractivity contribution in [2.45, 2.75) is 98.8 Å². The van der Waals surface area contributed by atoms with Gasteiger partial charge in [-0.1, -0.05) is 91.9 Å². The number of hydrogen-bond acceptors (Lipinski definition) is 2. The predicted octanol–water partition coefficient (Wildman–Crippen LogP) is 6.64. The van der Waals surface area contributed by atoms with Gasteiger partial charge < -0.3 is 9.80 Å². The quantitative estimate of drug-likeness (QED) is 0.464. The van der Waals surface area contributed by atoms with E-state index >= 15 is 0 Å². The Bertz CT molecular complexity index is 218. The van der Waals surface area contributed by atoms with E-state index in [1.165, 1.54) is 69.9 Å². The molecule has 22 heavy (non-hydrogen) atoms. The van der Waals surface area contributed by atoms with E-state index in [1.54, 1.807) is 0 Å². The molecule has 0 bridgehead atoms. The highest BCUT2D eigenvalue weighted by Gasteiger charge is 2.07. The van der Waals surface area contributed by atoms with Crippen molar-refractivity contribution in [2.75, 3.05) is 20.8 Å². The molecule has 1 aliphatic heterocycles. The lowest BCUT2D eigenvalue weighted by molar-refractivity contribution is 0.328. The van der Waals surface area contributed by atoms with E-state index in [-0.39, 0.29) is 0 Å². The Hall–Kier alpha value is -0.660. The molecule has 134 valence electrons. The van der Waals surface area contributed by atoms with Crippen LogP contribution in [0.1, 0.15) is 98.8 Å². The van der Waals surface area contributed by atoms with Gasteiger partial charge in [0.15, 0.2) is 0 Å². The zero-order valence-electron chi connectivity index (χ0n) is 16.7. The molecule has 1 aliphatic rings. The number of allylic oxidation sites excluding steroid dienone is 1. The van der Waals surface area contributed by atoms with Crippen molar-refractivity contribution in [1.82, 2.24) is 9.80 Å². The van der Waals surface area contributed by atoms with Gasteiger partial charge in [-0.3, -0.25) is 0 Å². The van der Waals surface area contributed by atoms with Gasteiger partial charge in [-0.15, -0.1) is 0 Å². The van der Waals surface area contributed by atoms with Gasteiger partial charge in [0.1, 0.15) is 0 Å². The Labute approximate surface area is 142 Å². The van der Waals surface area contributed by atoms with Gasteiger partial charge in [-0.25, -0.2) is 0 Å². The Morgan fingerprint density at radius 2 is 1.09 bits per heavy atom. The second kappa shape index (κ2) is 18.4. The number of unbranched alkanes of at least 4 members (excludes halogenated alkanes) is 8. The molecule has 0 saturated heterocycles. The minimum Gasteiger partial charge on any atom is -0.361 e. The molecule has 0 fully saturated rings. The van der Waals surface area contributed by atoms with Crippen LogP contribution in [0, 0.1) is 0 Å². The summed E-state index contributed by atoms with van der Waals surface area (Å²) < 4.78 is 0. The van der Waals surface area contributed by atoms with Crippen LogP contribution in [0.5, 0.6) is 0 Å². The molecule has 0 spiro atoms. The largest absolute Gasteiger partial charge is 0.361 e. The van der Waals surface area contributed by atoms with E-state index in [1.807, 2.05) is 0 Å². The zero-order chi connectivity index (χ0) is 17.2. The standard InChI is InChI=1S/2C7H16.C6H12N2/c2*1-3-5-7-6-4-2;1-6-4-7(2)5-8(6)3/h2*3-7H2,1-2H3;4H,5H2,1-3H3. The first-order valence-electron chi connectivity index (χ1n) is 9.63. The second-order valence-corrected chi connectivity index (χ2v) is 6.49. The number of rotatable bonds is 8. The summed E-state index contributed by atoms with van der Waals surface area (Å²) in [5.74, 6) is 0. The van der Waals surface area contributed by atoms with Crippen molar-refractivity contribution in [3.63, 3.8) is 0 Å². The van der Waals surface area contributed by atoms with Crippen LogP contribution >= 0.6 is 0 Å². The molecule has 0 saturated carbocycles. The fourth-order valence-corrected chi connectivity index (χ4v) is 2.26. The first-order valence-corrected chi connectivity index (χ1v) is 9.63. The van der Waals surface area contributed by atoms with Crippen molar-refractivity contribution in [1.29, 1.82) is 0 Å². The van der Waals surface area contributed by atoms with Crippen LogP contribution in [-0.4, -0.2) is 30.6 Å². The summed E-state index contributed by atoms with van der Waals surface area (Å²) in [7, 11) is 4.17. The summed E-state index contributed by atoms with van der Waals surface area (Å²) in [6, 6.07) is 0. The maximum absolute atomic E-state index is 2.25. The summed E-state index contributed by atoms with van der Waals surface area (Å²) in [6.45, 7) is 12.1. The van der Waals surface area contributed by atoms with Gasteiger partial charge in [0.05, 0.1) is 6.67 Å². The summed E-state index contributed by atoms with van der Waals surface area (Å²) in [5, 5.41) is 0. The highest BCUT2D eigenvalue weighted by molar-refractivity contribution is 5.00. The summed E-state index contributed by atoms with van der Waals surface area (Å²) in [4.78, 5) is 4.37. The first kappa shape index (κ1) is 23.6. The van der Waals surface area contributed by atoms with Crippen LogP contribution < -0.4 is 0 Å². The molecular weight excluding hydrogens is 268 g/mol. The number of hydrogen-bond donors (Lipinski definition) is 0. The molecule has 0 amide bonds. The van der Waals surface area contributed by atoms with E-state index in [0.717, 1.165) is 6.67 Å². The lowest BCUT2D eigenvalue weighted by atomic mass is 10.2. The Morgan fingerprint density at radius 3 is 1.23 bits per heavy atom. The van der Waals surface area contributed by atoms with E-state index in [2.05, 4.69) is 64.7 Å². The minimum atomic E-state index is 1.03. The van der Waals surface area contributed by atoms with Gasteiger partial charge >= 0.3 is 0 Å². The fraction of sp³-hybridized carbons (Fsp3) is 0.900. The summed E-state index contributed by atoms with van der Waals surface area (Å²) in [6.07, 6.45) is 16.2. The maximum atomic E-state index is 2.25. The smallest absolute Gasteiger partial charge is 0.0890 e. The topological polar surface area (TPSA) is 6.48 Å². The van der Waals surface area contributed by atoms with Crippen molar-refractivity contribution in [3.05, 3.63) is 11.9 Å². The lowest BCUT2D eigenvalue weighted by Gasteiger charge is -2.13. The summed E-state index contributed by atoms with van der Waals surface area (Å²) in [5.41, 5.74) is 1.34. The monoisotopic (exact) mass is 312 g/mol. The molecule has 0 aromatic rings. The van der Waals surface area contributed by atoms with Gasteiger partial charge in [-0.2, -0.15) is 0 Å². The third-order valence-electron chi connectivity index (χ3n) is 3.86. The Morgan fingerprint density at radius 1 is 0.727 bits per heavy atom. The molecule has 0 N–H and O–H groups in total. The molecular formula is C20H44N2. The zero-order valence-corrected chi connectivity index (χ0v) is 16.7. The van der Waals surface area contributed by atoms with Crippen molar-refractivity contribution in [2.24, 2.45) is 0 Å². The van der Waals surface area contributed by atoms with Gasteiger partial charge in [0.25, 0.3) is 0 Å². The van der Waals surface area contributed by atoms with Gasteiger partial charge in [0.2, 0.25) is 0 Å². The van der Waals surface area contributed by atoms with Crippen molar-refractivity contribution >= 4 is 0 Å². The Kier molecular flexibility index (Phi) is 19.7. The molecule has 0 aliphatic carbocycles. The second-order valence-electron chi connectivity index (χ2n) is 6.49. The summed E-state index contributed by atoms with van der Waals surface area (Å²) >= 11 is 0. The van der Waals surface area contributed by atoms with E-state index < -0.39 is 0 Å². The van der Waals surface area contributed by atoms with E-state index in [0.29, 0.717) is 0 Å². The SMILES string of the molecule is CC1=CN(C)CN1C.CCCCCCC.CCCCCCC. The molecule has 0 radical (unpaired) electrons. The van der Waals surface area contributed by atoms with Gasteiger partial charge in [0, 0.05) is 26.0 Å². The number of nitrogens with zero attached hydrogens (tertiary/aromatic N) is 2. The van der Waals surface area contributed by atoms with Crippen LogP contribution in [0.4, 0.5) is 0 Å². The van der Waals surface area contributed by atoms with E-state index in [9.17, 15) is 0 Å². The maximum Gasteiger partial charge on any atom is 0.0890 e. The van der Waals surface area contributed by atoms with Crippen LogP contribution in [0.3, 0.4) is 0 Å². The molecule has 2 nitrogen and oxygen atoms in total. The van der Waals surface area contributed by atoms with E-state index in [4.69, 9.17) is 0 Å². The Balaban J connectivity index is 0. The average Bonchev–Trinajstić information content (AvgIpc) is 2.78. The van der Waals surface area contributed by atoms with Crippen molar-refractivity contribution < 1.29 is 0 Å². The molecule has 0 aromatic heterocycles. The van der Waals surface area contributed by atoms with Gasteiger partial charge in [-0.05, 0) is 6.92 Å². The van der Waals surface area contributed by atoms with Crippen LogP contribution in [0.2, 0.25) is 0 Å². The first-order chi connectivity index (χ1) is 10.5.